The van der Waals surface area contributed by atoms with Crippen LogP contribution in [0.5, 0.6) is 0 Å². The van der Waals surface area contributed by atoms with Crippen LogP contribution >= 0.6 is 0 Å². The largest absolute Gasteiger partial charge is 0.300 e. The molecule has 7 heteroatoms. The number of hydrogen-bond donors (Lipinski definition) is 0. The summed E-state index contributed by atoms with van der Waals surface area (Å²) in [5.74, 6) is 0.0885. The van der Waals surface area contributed by atoms with Crippen LogP contribution in [0.3, 0.4) is 0 Å². The predicted molar refractivity (Wildman–Crippen MR) is 66.8 cm³/mol. The van der Waals surface area contributed by atoms with Gasteiger partial charge in [0.15, 0.2) is 5.65 Å². The molecule has 0 radical (unpaired) electrons. The van der Waals surface area contributed by atoms with E-state index in [1.807, 2.05) is 0 Å². The van der Waals surface area contributed by atoms with Crippen molar-refractivity contribution in [2.24, 2.45) is 0 Å². The number of hydrogen-bond acceptors (Lipinski definition) is 5. The van der Waals surface area contributed by atoms with Gasteiger partial charge in [-0.05, 0) is 19.4 Å². The van der Waals surface area contributed by atoms with E-state index in [0.717, 1.165) is 10.2 Å². The van der Waals surface area contributed by atoms with Crippen molar-refractivity contribution in [1.29, 1.82) is 0 Å². The van der Waals surface area contributed by atoms with E-state index < -0.39 is 10.0 Å². The van der Waals surface area contributed by atoms with Gasteiger partial charge in [0.25, 0.3) is 0 Å². The van der Waals surface area contributed by atoms with Crippen LogP contribution in [0.4, 0.5) is 0 Å². The van der Waals surface area contributed by atoms with Crippen molar-refractivity contribution in [2.75, 3.05) is 6.26 Å². The fourth-order valence-electron chi connectivity index (χ4n) is 1.62. The molecule has 0 saturated heterocycles. The SMILES string of the molecule is CC(=O)CCc1cnc2c(ccn2S(C)(=O)=O)n1. The van der Waals surface area contributed by atoms with E-state index in [1.165, 1.54) is 19.3 Å². The van der Waals surface area contributed by atoms with Crippen LogP contribution in [0.2, 0.25) is 0 Å². The van der Waals surface area contributed by atoms with Gasteiger partial charge in [-0.25, -0.2) is 22.4 Å². The molecule has 0 aliphatic heterocycles. The summed E-state index contributed by atoms with van der Waals surface area (Å²) >= 11 is 0. The second-order valence-electron chi connectivity index (χ2n) is 4.15. The van der Waals surface area contributed by atoms with E-state index in [1.54, 1.807) is 6.07 Å². The molecule has 18 heavy (non-hydrogen) atoms. The minimum Gasteiger partial charge on any atom is -0.300 e. The number of ketones is 1. The lowest BCUT2D eigenvalue weighted by Gasteiger charge is -2.02. The monoisotopic (exact) mass is 267 g/mol. The van der Waals surface area contributed by atoms with Crippen LogP contribution < -0.4 is 0 Å². The van der Waals surface area contributed by atoms with Gasteiger partial charge in [-0.2, -0.15) is 0 Å². The molecule has 2 heterocycles. The van der Waals surface area contributed by atoms with Gasteiger partial charge in [0.1, 0.15) is 11.3 Å². The third-order valence-electron chi connectivity index (χ3n) is 2.50. The molecule has 96 valence electrons. The zero-order valence-corrected chi connectivity index (χ0v) is 10.9. The van der Waals surface area contributed by atoms with Crippen LogP contribution in [0, 0.1) is 0 Å². The van der Waals surface area contributed by atoms with Crippen molar-refractivity contribution in [3.8, 4) is 0 Å². The van der Waals surface area contributed by atoms with Crippen molar-refractivity contribution < 1.29 is 13.2 Å². The van der Waals surface area contributed by atoms with E-state index in [9.17, 15) is 13.2 Å². The highest BCUT2D eigenvalue weighted by atomic mass is 32.2. The Morgan fingerprint density at radius 1 is 1.44 bits per heavy atom. The number of rotatable bonds is 4. The summed E-state index contributed by atoms with van der Waals surface area (Å²) in [5, 5.41) is 0. The standard InChI is InChI=1S/C11H13N3O3S/c1-8(15)3-4-9-7-12-11-10(13-9)5-6-14(11)18(2,16)17/h5-7H,3-4H2,1-2H3. The smallest absolute Gasteiger partial charge is 0.237 e. The molecule has 0 N–H and O–H groups in total. The molecule has 0 bridgehead atoms. The van der Waals surface area contributed by atoms with Gasteiger partial charge < -0.3 is 4.79 Å². The van der Waals surface area contributed by atoms with Gasteiger partial charge >= 0.3 is 0 Å². The van der Waals surface area contributed by atoms with E-state index in [2.05, 4.69) is 9.97 Å². The molecular weight excluding hydrogens is 254 g/mol. The average Bonchev–Trinajstić information content (AvgIpc) is 2.68. The molecule has 0 aliphatic rings. The topological polar surface area (TPSA) is 81.9 Å². The van der Waals surface area contributed by atoms with Crippen molar-refractivity contribution in [3.63, 3.8) is 0 Å². The molecule has 2 rings (SSSR count). The Morgan fingerprint density at radius 2 is 2.17 bits per heavy atom. The minimum absolute atomic E-state index is 0.0885. The average molecular weight is 267 g/mol. The van der Waals surface area contributed by atoms with Gasteiger partial charge in [-0.1, -0.05) is 0 Å². The summed E-state index contributed by atoms with van der Waals surface area (Å²) in [7, 11) is -3.36. The third-order valence-corrected chi connectivity index (χ3v) is 3.51. The molecule has 0 spiro atoms. The fourth-order valence-corrected chi connectivity index (χ4v) is 2.35. The first-order valence-electron chi connectivity index (χ1n) is 5.41. The number of nitrogens with zero attached hydrogens (tertiary/aromatic N) is 3. The van der Waals surface area contributed by atoms with Gasteiger partial charge in [0.2, 0.25) is 10.0 Å². The molecular formula is C11H13N3O3S. The second-order valence-corrected chi connectivity index (χ2v) is 6.01. The molecule has 2 aromatic rings. The van der Waals surface area contributed by atoms with Crippen molar-refractivity contribution >= 4 is 27.0 Å². The first-order chi connectivity index (χ1) is 8.38. The zero-order valence-electron chi connectivity index (χ0n) is 10.1. The Kier molecular flexibility index (Phi) is 3.16. The quantitative estimate of drug-likeness (QED) is 0.816. The maximum absolute atomic E-state index is 11.5. The van der Waals surface area contributed by atoms with Gasteiger partial charge in [-0.3, -0.25) is 0 Å². The highest BCUT2D eigenvalue weighted by molar-refractivity contribution is 7.89. The zero-order chi connectivity index (χ0) is 13.3. The molecule has 6 nitrogen and oxygen atoms in total. The van der Waals surface area contributed by atoms with Crippen LogP contribution in [0.15, 0.2) is 18.5 Å². The summed E-state index contributed by atoms with van der Waals surface area (Å²) < 4.78 is 24.0. The Labute approximate surface area is 105 Å². The van der Waals surface area contributed by atoms with E-state index in [-0.39, 0.29) is 5.78 Å². The normalized spacial score (nSPS) is 11.9. The molecule has 2 aromatic heterocycles. The number of aromatic nitrogens is 3. The Bertz CT molecular complexity index is 703. The summed E-state index contributed by atoms with van der Waals surface area (Å²) in [5.41, 5.74) is 1.51. The summed E-state index contributed by atoms with van der Waals surface area (Å²) in [6.07, 6.45) is 4.97. The molecule has 0 aliphatic carbocycles. The molecule has 0 atom stereocenters. The Morgan fingerprint density at radius 3 is 2.78 bits per heavy atom. The van der Waals surface area contributed by atoms with E-state index in [4.69, 9.17) is 0 Å². The van der Waals surface area contributed by atoms with Gasteiger partial charge in [0.05, 0.1) is 18.1 Å². The Hall–Kier alpha value is -1.76. The molecule has 0 aromatic carbocycles. The summed E-state index contributed by atoms with van der Waals surface area (Å²) in [4.78, 5) is 19.3. The van der Waals surface area contributed by atoms with Crippen LogP contribution in [-0.4, -0.2) is 34.4 Å². The maximum Gasteiger partial charge on any atom is 0.237 e. The lowest BCUT2D eigenvalue weighted by molar-refractivity contribution is -0.116. The van der Waals surface area contributed by atoms with Gasteiger partial charge in [0, 0.05) is 12.6 Å². The minimum atomic E-state index is -3.36. The summed E-state index contributed by atoms with van der Waals surface area (Å²) in [6.45, 7) is 1.52. The number of carbonyl (C=O) groups excluding carboxylic acids is 1. The second kappa shape index (κ2) is 4.49. The van der Waals surface area contributed by atoms with Crippen LogP contribution in [0.25, 0.3) is 11.2 Å². The lowest BCUT2D eigenvalue weighted by atomic mass is 10.2. The van der Waals surface area contributed by atoms with Crippen LogP contribution in [0.1, 0.15) is 19.0 Å². The predicted octanol–water partition coefficient (Wildman–Crippen LogP) is 0.761. The molecule has 0 unspecified atom stereocenters. The number of carbonyl (C=O) groups is 1. The third kappa shape index (κ3) is 2.56. The van der Waals surface area contributed by atoms with E-state index >= 15 is 0 Å². The van der Waals surface area contributed by atoms with E-state index in [0.29, 0.717) is 29.7 Å². The first-order valence-corrected chi connectivity index (χ1v) is 7.26. The first kappa shape index (κ1) is 12.7. The molecule has 0 saturated carbocycles. The number of aryl methyl sites for hydroxylation is 1. The highest BCUT2D eigenvalue weighted by Gasteiger charge is 2.12. The van der Waals surface area contributed by atoms with Crippen LogP contribution in [-0.2, 0) is 21.2 Å². The highest BCUT2D eigenvalue weighted by Crippen LogP contribution is 2.13. The number of Topliss-reactive ketones (excluding diaryl/α,β-unsaturated/α-hetero) is 1. The molecule has 0 fully saturated rings. The van der Waals surface area contributed by atoms with Crippen molar-refractivity contribution in [2.45, 2.75) is 19.8 Å². The molecule has 0 amide bonds. The summed E-state index contributed by atoms with van der Waals surface area (Å²) in [6, 6.07) is 1.60. The Balaban J connectivity index is 2.40. The van der Waals surface area contributed by atoms with Crippen molar-refractivity contribution in [3.05, 3.63) is 24.2 Å². The van der Waals surface area contributed by atoms with Gasteiger partial charge in [-0.15, -0.1) is 0 Å². The maximum atomic E-state index is 11.5. The van der Waals surface area contributed by atoms with Crippen molar-refractivity contribution in [1.82, 2.24) is 13.9 Å². The lowest BCUT2D eigenvalue weighted by Crippen LogP contribution is -2.09. The number of fused-ring (bicyclic) bond motifs is 1. The fraction of sp³-hybridized carbons (Fsp3) is 0.364.